The lowest BCUT2D eigenvalue weighted by molar-refractivity contribution is -0.953. The minimum Gasteiger partial charge on any atom is -0.287 e. The largest absolute Gasteiger partial charge is 0.398 e. The van der Waals surface area contributed by atoms with Crippen molar-refractivity contribution in [2.24, 2.45) is 0 Å². The fourth-order valence-electron chi connectivity index (χ4n) is 2.38. The Kier molecular flexibility index (Phi) is 4.30. The quantitative estimate of drug-likeness (QED) is 0.644. The van der Waals surface area contributed by atoms with Crippen LogP contribution in [0.25, 0.3) is 0 Å². The summed E-state index contributed by atoms with van der Waals surface area (Å²) in [5.41, 5.74) is 5.96. The van der Waals surface area contributed by atoms with E-state index >= 15 is 0 Å². The zero-order chi connectivity index (χ0) is 17.2. The first-order valence-corrected chi connectivity index (χ1v) is 9.02. The molecule has 0 radical (unpaired) electrons. The van der Waals surface area contributed by atoms with Gasteiger partial charge in [0.2, 0.25) is 0 Å². The average molecular weight is 346 g/mol. The van der Waals surface area contributed by atoms with Crippen LogP contribution >= 0.6 is 0 Å². The van der Waals surface area contributed by atoms with Gasteiger partial charge in [0.05, 0.1) is 10.3 Å². The second-order valence-corrected chi connectivity index (χ2v) is 7.12. The van der Waals surface area contributed by atoms with Crippen molar-refractivity contribution >= 4 is 15.8 Å². The van der Waals surface area contributed by atoms with Crippen molar-refractivity contribution in [1.82, 2.24) is 4.09 Å². The molecule has 0 bridgehead atoms. The second kappa shape index (κ2) is 6.40. The smallest absolute Gasteiger partial charge is 0.287 e. The molecule has 3 aromatic rings. The van der Waals surface area contributed by atoms with Crippen LogP contribution in [-0.2, 0) is 23.2 Å². The first-order chi connectivity index (χ1) is 11.5. The Bertz CT molecular complexity index is 952. The van der Waals surface area contributed by atoms with E-state index in [0.717, 1.165) is 0 Å². The third-order valence-electron chi connectivity index (χ3n) is 3.71. The van der Waals surface area contributed by atoms with Crippen LogP contribution in [0, 0.1) is 0 Å². The van der Waals surface area contributed by atoms with Crippen LogP contribution in [0.4, 0.5) is 5.82 Å². The van der Waals surface area contributed by atoms with Crippen LogP contribution < -0.4 is 19.5 Å². The third kappa shape index (κ3) is 3.00. The van der Waals surface area contributed by atoms with Gasteiger partial charge in [-0.05, 0) is 25.1 Å². The summed E-state index contributed by atoms with van der Waals surface area (Å²) < 4.78 is 32.3. The van der Waals surface area contributed by atoms with Gasteiger partial charge in [-0.2, -0.15) is 17.6 Å². The van der Waals surface area contributed by atoms with Crippen LogP contribution in [-0.4, -0.2) is 12.5 Å². The number of nitrogens with two attached hydrogens (primary N) is 1. The van der Waals surface area contributed by atoms with Gasteiger partial charge in [0, 0.05) is 10.7 Å². The number of anilines is 1. The number of nitrogen functional groups attached to an aromatic ring is 1. The van der Waals surface area contributed by atoms with Crippen LogP contribution in [0.2, 0.25) is 0 Å². The van der Waals surface area contributed by atoms with Gasteiger partial charge in [-0.15, -0.1) is 0 Å². The number of aryl methyl sites for hydroxylation is 1. The Labute approximate surface area is 140 Å². The number of benzene rings is 1. The van der Waals surface area contributed by atoms with Crippen LogP contribution in [0.1, 0.15) is 6.92 Å². The molecule has 24 heavy (non-hydrogen) atoms. The Balaban J connectivity index is 2.09. The van der Waals surface area contributed by atoms with Crippen molar-refractivity contribution < 1.29 is 22.2 Å². The normalized spacial score (nSPS) is 11.5. The van der Waals surface area contributed by atoms with E-state index in [1.807, 2.05) is 25.3 Å². The SMILES string of the molecule is CC[n+]1cn(S(=O)(=O)c2ccccc2)[n+](C[n+]2ccccc2N)c1. The summed E-state index contributed by atoms with van der Waals surface area (Å²) in [4.78, 5) is 0.239. The van der Waals surface area contributed by atoms with Gasteiger partial charge < -0.3 is 0 Å². The monoisotopic (exact) mass is 346 g/mol. The minimum atomic E-state index is -3.69. The highest BCUT2D eigenvalue weighted by atomic mass is 32.2. The molecular weight excluding hydrogens is 326 g/mol. The molecule has 3 rings (SSSR count). The van der Waals surface area contributed by atoms with Gasteiger partial charge in [-0.3, -0.25) is 5.73 Å². The standard InChI is InChI=1S/C16H19N5O2S/c1-2-18-12-20(14-19-11-7-6-10-16(19)17)21(13-18)24(22,23)15-8-4-3-5-9-15/h3-13,17H,2,14H2,1H3/q+2/p+1. The second-order valence-electron chi connectivity index (χ2n) is 5.33. The van der Waals surface area contributed by atoms with Gasteiger partial charge in [0.15, 0.2) is 0 Å². The van der Waals surface area contributed by atoms with E-state index in [1.165, 1.54) is 4.09 Å². The molecule has 0 saturated carbocycles. The van der Waals surface area contributed by atoms with Gasteiger partial charge in [0.1, 0.15) is 11.4 Å². The lowest BCUT2D eigenvalue weighted by atomic mass is 10.4. The molecule has 0 aliphatic heterocycles. The molecule has 0 spiro atoms. The Morgan fingerprint density at radius 3 is 2.46 bits per heavy atom. The van der Waals surface area contributed by atoms with Crippen molar-refractivity contribution in [2.45, 2.75) is 25.0 Å². The molecule has 0 saturated heterocycles. The third-order valence-corrected chi connectivity index (χ3v) is 5.37. The van der Waals surface area contributed by atoms with E-state index in [-0.39, 0.29) is 11.6 Å². The van der Waals surface area contributed by atoms with Crippen LogP contribution in [0.15, 0.2) is 72.3 Å². The van der Waals surface area contributed by atoms with Crippen molar-refractivity contribution in [1.29, 1.82) is 0 Å². The van der Waals surface area contributed by atoms with Crippen molar-refractivity contribution in [3.8, 4) is 0 Å². The molecule has 0 amide bonds. The zero-order valence-corrected chi connectivity index (χ0v) is 14.2. The number of aromatic nitrogens is 4. The molecule has 0 atom stereocenters. The topological polar surface area (TPSA) is 76.7 Å². The molecule has 2 N–H and O–H groups in total. The molecule has 0 unspecified atom stereocenters. The predicted molar refractivity (Wildman–Crippen MR) is 86.0 cm³/mol. The average Bonchev–Trinajstić information content (AvgIpc) is 3.02. The van der Waals surface area contributed by atoms with E-state index < -0.39 is 10.0 Å². The number of rotatable bonds is 5. The van der Waals surface area contributed by atoms with Crippen molar-refractivity contribution in [3.63, 3.8) is 0 Å². The van der Waals surface area contributed by atoms with Crippen LogP contribution in [0.5, 0.6) is 0 Å². The minimum absolute atomic E-state index is 0.239. The molecule has 8 heteroatoms. The fraction of sp³-hybridized carbons (Fsp3) is 0.188. The molecule has 1 aromatic carbocycles. The van der Waals surface area contributed by atoms with Gasteiger partial charge in [0.25, 0.3) is 12.5 Å². The van der Waals surface area contributed by atoms with E-state index in [1.54, 1.807) is 62.9 Å². The van der Waals surface area contributed by atoms with E-state index in [2.05, 4.69) is 0 Å². The molecule has 0 aliphatic rings. The zero-order valence-electron chi connectivity index (χ0n) is 13.4. The summed E-state index contributed by atoms with van der Waals surface area (Å²) in [5, 5.41) is 0. The summed E-state index contributed by atoms with van der Waals surface area (Å²) in [6.07, 6.45) is 5.13. The predicted octanol–water partition coefficient (Wildman–Crippen LogP) is -0.304. The van der Waals surface area contributed by atoms with E-state index in [4.69, 9.17) is 5.73 Å². The van der Waals surface area contributed by atoms with Crippen molar-refractivity contribution in [2.75, 3.05) is 5.73 Å². The molecule has 0 fully saturated rings. The number of nitrogens with zero attached hydrogens (tertiary/aromatic N) is 4. The molecule has 2 heterocycles. The van der Waals surface area contributed by atoms with Gasteiger partial charge >= 0.3 is 22.7 Å². The summed E-state index contributed by atoms with van der Waals surface area (Å²) in [5.74, 6) is 0.554. The summed E-state index contributed by atoms with van der Waals surface area (Å²) in [6.45, 7) is 2.89. The lowest BCUT2D eigenvalue weighted by Gasteiger charge is -1.99. The van der Waals surface area contributed by atoms with Gasteiger partial charge in [-0.25, -0.2) is 0 Å². The van der Waals surface area contributed by atoms with E-state index in [9.17, 15) is 8.42 Å². The van der Waals surface area contributed by atoms with Gasteiger partial charge in [-0.1, -0.05) is 24.3 Å². The Morgan fingerprint density at radius 2 is 1.79 bits per heavy atom. The van der Waals surface area contributed by atoms with E-state index in [0.29, 0.717) is 12.4 Å². The fourth-order valence-corrected chi connectivity index (χ4v) is 3.71. The summed E-state index contributed by atoms with van der Waals surface area (Å²) >= 11 is 0. The lowest BCUT2D eigenvalue weighted by Crippen LogP contribution is -2.58. The molecule has 124 valence electrons. The van der Waals surface area contributed by atoms with Crippen LogP contribution in [0.3, 0.4) is 0 Å². The highest BCUT2D eigenvalue weighted by Crippen LogP contribution is 2.10. The van der Waals surface area contributed by atoms with Crippen molar-refractivity contribution in [3.05, 3.63) is 67.4 Å². The summed E-state index contributed by atoms with van der Waals surface area (Å²) in [7, 11) is -3.69. The summed E-state index contributed by atoms with van der Waals surface area (Å²) in [6, 6.07) is 13.8. The first kappa shape index (κ1) is 16.1. The first-order valence-electron chi connectivity index (χ1n) is 7.58. The number of hydrogen-bond acceptors (Lipinski definition) is 3. The Hall–Kier alpha value is -2.74. The molecule has 0 aliphatic carbocycles. The number of hydrogen-bond donors (Lipinski definition) is 1. The number of pyridine rings is 1. The highest BCUT2D eigenvalue weighted by molar-refractivity contribution is 7.89. The maximum Gasteiger partial charge on any atom is 0.398 e. The maximum absolute atomic E-state index is 12.9. The Morgan fingerprint density at radius 1 is 1.08 bits per heavy atom. The highest BCUT2D eigenvalue weighted by Gasteiger charge is 2.35. The molecule has 2 aromatic heterocycles. The molecule has 7 nitrogen and oxygen atoms in total. The maximum atomic E-state index is 12.9. The molecular formula is C16H20N5O2S+3.